The molecule has 3 heteroatoms. The summed E-state index contributed by atoms with van der Waals surface area (Å²) in [6, 6.07) is 0. The molecule has 2 nitrogen and oxygen atoms in total. The number of hydrogen-bond acceptors (Lipinski definition) is 2. The summed E-state index contributed by atoms with van der Waals surface area (Å²) in [5.41, 5.74) is 0.433. The van der Waals surface area contributed by atoms with Crippen molar-refractivity contribution in [3.05, 3.63) is 12.2 Å². The van der Waals surface area contributed by atoms with E-state index in [1.807, 2.05) is 0 Å². The van der Waals surface area contributed by atoms with Gasteiger partial charge in [-0.25, -0.2) is 4.79 Å². The quantitative estimate of drug-likeness (QED) is 0.508. The van der Waals surface area contributed by atoms with Gasteiger partial charge in [-0.3, -0.25) is 0 Å². The van der Waals surface area contributed by atoms with Gasteiger partial charge in [-0.15, -0.1) is 0 Å². The Hall–Kier alpha value is 0.794. The molecule has 0 spiro atoms. The van der Waals surface area contributed by atoms with E-state index in [2.05, 4.69) is 11.3 Å². The molecule has 8 heavy (non-hydrogen) atoms. The molecule has 0 saturated carbocycles. The molecule has 0 amide bonds. The number of ether oxygens (including phenoxy) is 1. The third kappa shape index (κ3) is 4.94. The van der Waals surface area contributed by atoms with Crippen LogP contribution in [0, 0.1) is 49.4 Å². The molecule has 0 rings (SSSR count). The van der Waals surface area contributed by atoms with E-state index in [-0.39, 0.29) is 55.3 Å². The van der Waals surface area contributed by atoms with Crippen molar-refractivity contribution in [1.82, 2.24) is 0 Å². The Labute approximate surface area is 89.8 Å². The number of esters is 1. The predicted molar refractivity (Wildman–Crippen MR) is 26.8 cm³/mol. The molecule has 0 atom stereocenters. The number of rotatable bonds is 1. The van der Waals surface area contributed by atoms with Gasteiger partial charge in [0, 0.05) is 54.9 Å². The van der Waals surface area contributed by atoms with Crippen LogP contribution in [0.2, 0.25) is 0 Å². The molecular weight excluding hydrogens is 244 g/mol. The van der Waals surface area contributed by atoms with Crippen molar-refractivity contribution in [1.29, 1.82) is 0 Å². The molecule has 0 aliphatic heterocycles. The molecule has 0 aromatic carbocycles. The first-order valence-electron chi connectivity index (χ1n) is 1.92. The molecule has 0 aliphatic rings. The van der Waals surface area contributed by atoms with Crippen LogP contribution in [0.3, 0.4) is 0 Å². The zero-order valence-corrected chi connectivity index (χ0v) is 7.33. The number of carbonyl (C=O) groups excluding carboxylic acids is 1. The van der Waals surface area contributed by atoms with Crippen molar-refractivity contribution in [3.8, 4) is 0 Å². The smallest absolute Gasteiger partial charge is 0.332 e. The topological polar surface area (TPSA) is 26.3 Å². The van der Waals surface area contributed by atoms with Crippen LogP contribution in [0.4, 0.5) is 0 Å². The van der Waals surface area contributed by atoms with Crippen LogP contribution in [0.15, 0.2) is 12.2 Å². The summed E-state index contributed by atoms with van der Waals surface area (Å²) in [6.45, 7) is 4.95. The zero-order valence-electron chi connectivity index (χ0n) is 4.90. The SMILES string of the molecule is C=C(C)C(=O)OC.[Eu]. The monoisotopic (exact) mass is 253 g/mol. The summed E-state index contributed by atoms with van der Waals surface area (Å²) in [6.07, 6.45) is 0. The summed E-state index contributed by atoms with van der Waals surface area (Å²) >= 11 is 0. The average molecular weight is 252 g/mol. The second-order valence-electron chi connectivity index (χ2n) is 1.27. The van der Waals surface area contributed by atoms with Gasteiger partial charge < -0.3 is 4.74 Å². The fourth-order valence-electron chi connectivity index (χ4n) is 0.174. The summed E-state index contributed by atoms with van der Waals surface area (Å²) in [5.74, 6) is -0.347. The molecule has 1 radical (unpaired) electrons. The maximum absolute atomic E-state index is 10.2. The van der Waals surface area contributed by atoms with E-state index >= 15 is 0 Å². The van der Waals surface area contributed by atoms with Gasteiger partial charge in [-0.2, -0.15) is 0 Å². The van der Waals surface area contributed by atoms with Crippen molar-refractivity contribution in [2.75, 3.05) is 7.11 Å². The van der Waals surface area contributed by atoms with Gasteiger partial charge in [0.1, 0.15) is 0 Å². The molecule has 0 heterocycles. The summed E-state index contributed by atoms with van der Waals surface area (Å²) in [7, 11) is 1.33. The molecule has 0 aromatic heterocycles. The number of carbonyl (C=O) groups is 1. The van der Waals surface area contributed by atoms with Gasteiger partial charge in [-0.05, 0) is 6.92 Å². The molecule has 47 valence electrons. The second kappa shape index (κ2) is 5.92. The minimum Gasteiger partial charge on any atom is -0.466 e. The first-order chi connectivity index (χ1) is 3.18. The molecular formula is C5H8EuO2. The van der Waals surface area contributed by atoms with Crippen LogP contribution in [0.25, 0.3) is 0 Å². The maximum Gasteiger partial charge on any atom is 0.332 e. The van der Waals surface area contributed by atoms with E-state index in [0.29, 0.717) is 5.57 Å². The third-order valence-electron chi connectivity index (χ3n) is 0.534. The summed E-state index contributed by atoms with van der Waals surface area (Å²) < 4.78 is 4.27. The Morgan fingerprint density at radius 2 is 2.00 bits per heavy atom. The Morgan fingerprint density at radius 1 is 1.62 bits per heavy atom. The molecule has 0 unspecified atom stereocenters. The van der Waals surface area contributed by atoms with Crippen LogP contribution in [0.1, 0.15) is 6.92 Å². The Balaban J connectivity index is 0. The minimum atomic E-state index is -0.347. The first-order valence-corrected chi connectivity index (χ1v) is 1.92. The molecule has 0 aliphatic carbocycles. The standard InChI is InChI=1S/C5H8O2.Eu/c1-4(2)5(6)7-3;/h1H2,2-3H3;. The minimum absolute atomic E-state index is 0. The van der Waals surface area contributed by atoms with Gasteiger partial charge in [0.2, 0.25) is 0 Å². The van der Waals surface area contributed by atoms with E-state index < -0.39 is 0 Å². The molecule has 0 saturated heterocycles. The van der Waals surface area contributed by atoms with Gasteiger partial charge in [-0.1, -0.05) is 6.58 Å². The largest absolute Gasteiger partial charge is 0.466 e. The molecule has 0 fully saturated rings. The van der Waals surface area contributed by atoms with E-state index in [4.69, 9.17) is 0 Å². The predicted octanol–water partition coefficient (Wildman–Crippen LogP) is 0.736. The van der Waals surface area contributed by atoms with Crippen molar-refractivity contribution in [2.45, 2.75) is 6.92 Å². The van der Waals surface area contributed by atoms with E-state index in [1.54, 1.807) is 6.92 Å². The van der Waals surface area contributed by atoms with E-state index in [0.717, 1.165) is 0 Å². The molecule has 0 N–H and O–H groups in total. The third-order valence-corrected chi connectivity index (χ3v) is 0.534. The summed E-state index contributed by atoms with van der Waals surface area (Å²) in [5, 5.41) is 0. The van der Waals surface area contributed by atoms with Crippen LogP contribution in [-0.2, 0) is 9.53 Å². The molecule has 0 aromatic rings. The molecule has 0 bridgehead atoms. The Morgan fingerprint density at radius 3 is 2.00 bits per heavy atom. The van der Waals surface area contributed by atoms with Gasteiger partial charge in [0.05, 0.1) is 7.11 Å². The van der Waals surface area contributed by atoms with Gasteiger partial charge in [0.25, 0.3) is 0 Å². The second-order valence-corrected chi connectivity index (χ2v) is 1.27. The van der Waals surface area contributed by atoms with Crippen LogP contribution >= 0.6 is 0 Å². The van der Waals surface area contributed by atoms with Crippen LogP contribution < -0.4 is 0 Å². The van der Waals surface area contributed by atoms with Crippen molar-refractivity contribution in [3.63, 3.8) is 0 Å². The van der Waals surface area contributed by atoms with E-state index in [9.17, 15) is 4.79 Å². The normalized spacial score (nSPS) is 6.75. The average Bonchev–Trinajstić information content (AvgIpc) is 1.65. The fourth-order valence-corrected chi connectivity index (χ4v) is 0.174. The number of hydrogen-bond donors (Lipinski definition) is 0. The van der Waals surface area contributed by atoms with Crippen LogP contribution in [-0.4, -0.2) is 13.1 Å². The summed E-state index contributed by atoms with van der Waals surface area (Å²) in [4.78, 5) is 10.2. The van der Waals surface area contributed by atoms with Crippen molar-refractivity contribution >= 4 is 5.97 Å². The van der Waals surface area contributed by atoms with Crippen molar-refractivity contribution in [2.24, 2.45) is 0 Å². The van der Waals surface area contributed by atoms with Crippen LogP contribution in [0.5, 0.6) is 0 Å². The van der Waals surface area contributed by atoms with E-state index in [1.165, 1.54) is 7.11 Å². The van der Waals surface area contributed by atoms with Crippen molar-refractivity contribution < 1.29 is 58.9 Å². The van der Waals surface area contributed by atoms with Gasteiger partial charge in [0.15, 0.2) is 0 Å². The Bertz CT molecular complexity index is 98.6. The first kappa shape index (κ1) is 11.6. The van der Waals surface area contributed by atoms with Gasteiger partial charge >= 0.3 is 5.97 Å². The fraction of sp³-hybridized carbons (Fsp3) is 0.400. The maximum atomic E-state index is 10.2. The number of methoxy groups -OCH3 is 1. The Kier molecular flexibility index (Phi) is 8.57. The zero-order chi connectivity index (χ0) is 5.86.